The maximum Gasteiger partial charge on any atom is 0.408 e. The number of nitrogens with zero attached hydrogens (tertiary/aromatic N) is 1. The van der Waals surface area contributed by atoms with Crippen LogP contribution in [0.1, 0.15) is 45.9 Å². The Morgan fingerprint density at radius 2 is 2.00 bits per heavy atom. The number of alkyl carbamates (subject to hydrolysis) is 1. The summed E-state index contributed by atoms with van der Waals surface area (Å²) in [6, 6.07) is 1.92. The van der Waals surface area contributed by atoms with Gasteiger partial charge in [-0.3, -0.25) is 9.78 Å². The summed E-state index contributed by atoms with van der Waals surface area (Å²) >= 11 is 0. The Balaban J connectivity index is 1.94. The highest BCUT2D eigenvalue weighted by molar-refractivity contribution is 5.89. The van der Waals surface area contributed by atoms with Gasteiger partial charge >= 0.3 is 6.09 Å². The molecule has 0 aliphatic carbocycles. The minimum atomic E-state index is -1.11. The van der Waals surface area contributed by atoms with Gasteiger partial charge in [-0.2, -0.15) is 0 Å². The van der Waals surface area contributed by atoms with Crippen molar-refractivity contribution < 1.29 is 19.1 Å². The normalized spacial score (nSPS) is 13.7. The molecule has 2 N–H and O–H groups in total. The number of rotatable bonds is 4. The molecule has 1 aromatic heterocycles. The topological polar surface area (TPSA) is 89.5 Å². The SMILES string of the molecule is CC(C)(C)OC(=O)NC(C)(C)C(=O)NCc1nccc2c1OCC2. The fraction of sp³-hybridized carbons (Fsp3) is 0.588. The second-order valence-corrected chi connectivity index (χ2v) is 7.28. The van der Waals surface area contributed by atoms with Gasteiger partial charge in [0.25, 0.3) is 0 Å². The van der Waals surface area contributed by atoms with Gasteiger partial charge in [-0.1, -0.05) is 0 Å². The van der Waals surface area contributed by atoms with Gasteiger partial charge in [0.05, 0.1) is 13.2 Å². The summed E-state index contributed by atoms with van der Waals surface area (Å²) in [6.45, 7) is 9.40. The Morgan fingerprint density at radius 1 is 1.29 bits per heavy atom. The molecule has 0 saturated carbocycles. The van der Waals surface area contributed by atoms with E-state index in [1.165, 1.54) is 0 Å². The van der Waals surface area contributed by atoms with E-state index in [-0.39, 0.29) is 12.5 Å². The number of fused-ring (bicyclic) bond motifs is 1. The van der Waals surface area contributed by atoms with Crippen LogP contribution in [-0.4, -0.2) is 34.7 Å². The van der Waals surface area contributed by atoms with Gasteiger partial charge in [0.2, 0.25) is 5.91 Å². The zero-order valence-corrected chi connectivity index (χ0v) is 14.9. The van der Waals surface area contributed by atoms with Crippen molar-refractivity contribution in [2.45, 2.75) is 58.7 Å². The van der Waals surface area contributed by atoms with E-state index in [0.29, 0.717) is 12.3 Å². The summed E-state index contributed by atoms with van der Waals surface area (Å²) in [5, 5.41) is 5.36. The summed E-state index contributed by atoms with van der Waals surface area (Å²) in [6.07, 6.45) is 1.92. The van der Waals surface area contributed by atoms with Crippen molar-refractivity contribution in [1.82, 2.24) is 15.6 Å². The fourth-order valence-electron chi connectivity index (χ4n) is 2.30. The molecule has 2 heterocycles. The first-order valence-corrected chi connectivity index (χ1v) is 7.97. The lowest BCUT2D eigenvalue weighted by molar-refractivity contribution is -0.126. The molecule has 0 fully saturated rings. The predicted molar refractivity (Wildman–Crippen MR) is 88.7 cm³/mol. The molecule has 2 rings (SSSR count). The molecule has 132 valence electrons. The van der Waals surface area contributed by atoms with Crippen molar-refractivity contribution in [2.75, 3.05) is 6.61 Å². The standard InChI is InChI=1S/C17H25N3O4/c1-16(2,3)24-15(22)20-17(4,5)14(21)19-10-12-13-11(6-8-18-12)7-9-23-13/h6,8H,7,9-10H2,1-5H3,(H,19,21)(H,20,22). The summed E-state index contributed by atoms with van der Waals surface area (Å²) in [7, 11) is 0. The van der Waals surface area contributed by atoms with E-state index < -0.39 is 17.2 Å². The van der Waals surface area contributed by atoms with E-state index in [2.05, 4.69) is 15.6 Å². The largest absolute Gasteiger partial charge is 0.491 e. The van der Waals surface area contributed by atoms with E-state index >= 15 is 0 Å². The van der Waals surface area contributed by atoms with Gasteiger partial charge in [-0.15, -0.1) is 0 Å². The van der Waals surface area contributed by atoms with Crippen LogP contribution in [0, 0.1) is 0 Å². The molecule has 1 aliphatic heterocycles. The third-order valence-corrected chi connectivity index (χ3v) is 3.48. The molecule has 2 amide bonds. The highest BCUT2D eigenvalue weighted by Crippen LogP contribution is 2.27. The lowest BCUT2D eigenvalue weighted by Gasteiger charge is -2.27. The molecular formula is C17H25N3O4. The summed E-state index contributed by atoms with van der Waals surface area (Å²) in [5.74, 6) is 0.418. The highest BCUT2D eigenvalue weighted by Gasteiger charge is 2.31. The van der Waals surface area contributed by atoms with Crippen molar-refractivity contribution in [3.05, 3.63) is 23.5 Å². The molecule has 0 bridgehead atoms. The van der Waals surface area contributed by atoms with Crippen LogP contribution in [0.25, 0.3) is 0 Å². The first-order valence-electron chi connectivity index (χ1n) is 7.97. The number of aromatic nitrogens is 1. The van der Waals surface area contributed by atoms with Gasteiger partial charge in [0.15, 0.2) is 0 Å². The number of pyridine rings is 1. The van der Waals surface area contributed by atoms with E-state index in [1.54, 1.807) is 40.8 Å². The number of ether oxygens (including phenoxy) is 2. The molecule has 7 heteroatoms. The molecule has 0 unspecified atom stereocenters. The molecule has 1 aliphatic rings. The van der Waals surface area contributed by atoms with Crippen LogP contribution in [0.5, 0.6) is 5.75 Å². The van der Waals surface area contributed by atoms with E-state index in [1.807, 2.05) is 6.07 Å². The monoisotopic (exact) mass is 335 g/mol. The van der Waals surface area contributed by atoms with Gasteiger partial charge in [-0.05, 0) is 40.7 Å². The first kappa shape index (κ1) is 18.0. The fourth-order valence-corrected chi connectivity index (χ4v) is 2.30. The number of carbonyl (C=O) groups is 2. The quantitative estimate of drug-likeness (QED) is 0.877. The zero-order chi connectivity index (χ0) is 18.0. The maximum absolute atomic E-state index is 12.4. The third kappa shape index (κ3) is 4.59. The molecule has 0 radical (unpaired) electrons. The summed E-state index contributed by atoms with van der Waals surface area (Å²) < 4.78 is 10.7. The van der Waals surface area contributed by atoms with Crippen molar-refractivity contribution in [1.29, 1.82) is 0 Å². The molecule has 0 spiro atoms. The number of hydrogen-bond donors (Lipinski definition) is 2. The van der Waals surface area contributed by atoms with E-state index in [9.17, 15) is 9.59 Å². The number of carbonyl (C=O) groups excluding carboxylic acids is 2. The van der Waals surface area contributed by atoms with Crippen LogP contribution in [0.15, 0.2) is 12.3 Å². The number of nitrogens with one attached hydrogen (secondary N) is 2. The van der Waals surface area contributed by atoms with E-state index in [0.717, 1.165) is 17.7 Å². The van der Waals surface area contributed by atoms with Crippen LogP contribution >= 0.6 is 0 Å². The van der Waals surface area contributed by atoms with Crippen LogP contribution in [0.3, 0.4) is 0 Å². The van der Waals surface area contributed by atoms with Gasteiger partial charge in [0, 0.05) is 18.2 Å². The molecular weight excluding hydrogens is 310 g/mol. The Morgan fingerprint density at radius 3 is 2.67 bits per heavy atom. The van der Waals surface area contributed by atoms with Gasteiger partial charge in [-0.25, -0.2) is 4.79 Å². The Kier molecular flexibility index (Phi) is 5.01. The second-order valence-electron chi connectivity index (χ2n) is 7.28. The molecule has 1 aromatic rings. The second kappa shape index (κ2) is 6.67. The maximum atomic E-state index is 12.4. The smallest absolute Gasteiger partial charge is 0.408 e. The average Bonchev–Trinajstić information content (AvgIpc) is 2.90. The molecule has 7 nitrogen and oxygen atoms in total. The summed E-state index contributed by atoms with van der Waals surface area (Å²) in [4.78, 5) is 28.5. The lowest BCUT2D eigenvalue weighted by atomic mass is 10.0. The number of amides is 2. The van der Waals surface area contributed by atoms with Crippen molar-refractivity contribution >= 4 is 12.0 Å². The minimum absolute atomic E-state index is 0.238. The Labute approximate surface area is 142 Å². The third-order valence-electron chi connectivity index (χ3n) is 3.48. The van der Waals surface area contributed by atoms with Gasteiger partial charge < -0.3 is 20.1 Å². The van der Waals surface area contributed by atoms with Gasteiger partial charge in [0.1, 0.15) is 22.6 Å². The summed E-state index contributed by atoms with van der Waals surface area (Å²) in [5.41, 5.74) is 0.0516. The van der Waals surface area contributed by atoms with Crippen LogP contribution in [0.2, 0.25) is 0 Å². The molecule has 0 aromatic carbocycles. The zero-order valence-electron chi connectivity index (χ0n) is 14.9. The number of hydrogen-bond acceptors (Lipinski definition) is 5. The van der Waals surface area contributed by atoms with Crippen LogP contribution in [0.4, 0.5) is 4.79 Å². The molecule has 24 heavy (non-hydrogen) atoms. The molecule has 0 atom stereocenters. The van der Waals surface area contributed by atoms with Crippen LogP contribution in [-0.2, 0) is 22.5 Å². The molecule has 0 saturated heterocycles. The average molecular weight is 335 g/mol. The highest BCUT2D eigenvalue weighted by atomic mass is 16.6. The Bertz CT molecular complexity index is 635. The predicted octanol–water partition coefficient (Wildman–Crippen LogP) is 1.94. The minimum Gasteiger partial charge on any atom is -0.491 e. The van der Waals surface area contributed by atoms with E-state index in [4.69, 9.17) is 9.47 Å². The van der Waals surface area contributed by atoms with Crippen molar-refractivity contribution in [2.24, 2.45) is 0 Å². The van der Waals surface area contributed by atoms with Crippen molar-refractivity contribution in [3.8, 4) is 5.75 Å². The van der Waals surface area contributed by atoms with Crippen molar-refractivity contribution in [3.63, 3.8) is 0 Å². The lowest BCUT2D eigenvalue weighted by Crippen LogP contribution is -2.55. The van der Waals surface area contributed by atoms with Crippen LogP contribution < -0.4 is 15.4 Å². The first-order chi connectivity index (χ1) is 11.1. The Hall–Kier alpha value is -2.31.